The second kappa shape index (κ2) is 9.02. The van der Waals surface area contributed by atoms with Gasteiger partial charge in [0, 0.05) is 25.8 Å². The van der Waals surface area contributed by atoms with E-state index in [2.05, 4.69) is 41.5 Å². The first-order chi connectivity index (χ1) is 8.34. The average molecular weight is 236 g/mol. The fraction of sp³-hybridized carbons (Fsp3) is 0.571. The van der Waals surface area contributed by atoms with Crippen LogP contribution in [0.2, 0.25) is 0 Å². The van der Waals surface area contributed by atoms with Crippen molar-refractivity contribution in [2.45, 2.75) is 19.3 Å². The Labute approximate surface area is 104 Å². The maximum atomic E-state index is 8.60. The van der Waals surface area contributed by atoms with Crippen LogP contribution in [0.4, 0.5) is 5.69 Å². The number of unbranched alkanes of at least 4 members (excludes halogenated alkanes) is 2. The number of aliphatic hydroxyl groups excluding tert-OH is 1. The minimum absolute atomic E-state index is 0.233. The SMILES string of the molecule is CN(CCCCCNCCO)c1ccccc1. The first-order valence-electron chi connectivity index (χ1n) is 6.42. The Morgan fingerprint density at radius 3 is 2.53 bits per heavy atom. The van der Waals surface area contributed by atoms with Crippen LogP contribution in [0.15, 0.2) is 30.3 Å². The Morgan fingerprint density at radius 2 is 1.82 bits per heavy atom. The van der Waals surface area contributed by atoms with Crippen molar-refractivity contribution in [2.24, 2.45) is 0 Å². The van der Waals surface area contributed by atoms with Crippen molar-refractivity contribution in [1.29, 1.82) is 0 Å². The van der Waals surface area contributed by atoms with Gasteiger partial charge < -0.3 is 15.3 Å². The Hall–Kier alpha value is -1.06. The lowest BCUT2D eigenvalue weighted by molar-refractivity contribution is 0.292. The van der Waals surface area contributed by atoms with Gasteiger partial charge in [0.2, 0.25) is 0 Å². The van der Waals surface area contributed by atoms with Gasteiger partial charge in [0.1, 0.15) is 0 Å². The summed E-state index contributed by atoms with van der Waals surface area (Å²) in [5, 5.41) is 11.8. The standard InChI is InChI=1S/C14H24N2O/c1-16(14-8-4-2-5-9-14)12-7-3-6-10-15-11-13-17/h2,4-5,8-9,15,17H,3,6-7,10-13H2,1H3. The molecule has 0 atom stereocenters. The number of nitrogens with zero attached hydrogens (tertiary/aromatic N) is 1. The zero-order chi connectivity index (χ0) is 12.3. The summed E-state index contributed by atoms with van der Waals surface area (Å²) >= 11 is 0. The molecule has 3 nitrogen and oxygen atoms in total. The summed E-state index contributed by atoms with van der Waals surface area (Å²) in [4.78, 5) is 2.29. The quantitative estimate of drug-likeness (QED) is 0.643. The predicted octanol–water partition coefficient (Wildman–Crippen LogP) is 1.87. The minimum Gasteiger partial charge on any atom is -0.395 e. The van der Waals surface area contributed by atoms with Crippen LogP contribution >= 0.6 is 0 Å². The minimum atomic E-state index is 0.233. The topological polar surface area (TPSA) is 35.5 Å². The molecule has 0 aliphatic heterocycles. The van der Waals surface area contributed by atoms with E-state index >= 15 is 0 Å². The molecule has 0 saturated heterocycles. The summed E-state index contributed by atoms with van der Waals surface area (Å²) < 4.78 is 0. The molecule has 0 aliphatic rings. The van der Waals surface area contributed by atoms with Gasteiger partial charge in [-0.3, -0.25) is 0 Å². The highest BCUT2D eigenvalue weighted by Crippen LogP contribution is 2.11. The number of nitrogens with one attached hydrogen (secondary N) is 1. The predicted molar refractivity (Wildman–Crippen MR) is 73.5 cm³/mol. The molecule has 0 heterocycles. The number of benzene rings is 1. The maximum absolute atomic E-state index is 8.60. The number of hydrogen-bond acceptors (Lipinski definition) is 3. The van der Waals surface area contributed by atoms with Crippen LogP contribution in [-0.4, -0.2) is 38.4 Å². The van der Waals surface area contributed by atoms with Crippen molar-refractivity contribution >= 4 is 5.69 Å². The summed E-state index contributed by atoms with van der Waals surface area (Å²) in [5.41, 5.74) is 1.28. The van der Waals surface area contributed by atoms with Gasteiger partial charge in [0.25, 0.3) is 0 Å². The molecule has 17 heavy (non-hydrogen) atoms. The Balaban J connectivity index is 2.03. The monoisotopic (exact) mass is 236 g/mol. The molecular formula is C14H24N2O. The molecule has 0 fully saturated rings. The molecule has 1 rings (SSSR count). The number of para-hydroxylation sites is 1. The van der Waals surface area contributed by atoms with Crippen LogP contribution in [0.25, 0.3) is 0 Å². The van der Waals surface area contributed by atoms with Gasteiger partial charge in [-0.15, -0.1) is 0 Å². The van der Waals surface area contributed by atoms with Crippen LogP contribution in [0.3, 0.4) is 0 Å². The van der Waals surface area contributed by atoms with E-state index in [1.165, 1.54) is 24.9 Å². The third-order valence-electron chi connectivity index (χ3n) is 2.83. The van der Waals surface area contributed by atoms with Crippen molar-refractivity contribution < 1.29 is 5.11 Å². The van der Waals surface area contributed by atoms with E-state index in [1.54, 1.807) is 0 Å². The molecular weight excluding hydrogens is 212 g/mol. The van der Waals surface area contributed by atoms with Gasteiger partial charge in [-0.2, -0.15) is 0 Å². The van der Waals surface area contributed by atoms with Crippen molar-refractivity contribution in [3.05, 3.63) is 30.3 Å². The first-order valence-corrected chi connectivity index (χ1v) is 6.42. The number of aliphatic hydroxyl groups is 1. The van der Waals surface area contributed by atoms with Crippen LogP contribution in [-0.2, 0) is 0 Å². The summed E-state index contributed by atoms with van der Waals surface area (Å²) in [6.07, 6.45) is 3.63. The van der Waals surface area contributed by atoms with Gasteiger partial charge in [-0.25, -0.2) is 0 Å². The molecule has 0 amide bonds. The maximum Gasteiger partial charge on any atom is 0.0555 e. The second-order valence-corrected chi connectivity index (χ2v) is 4.29. The van der Waals surface area contributed by atoms with E-state index < -0.39 is 0 Å². The zero-order valence-corrected chi connectivity index (χ0v) is 10.7. The van der Waals surface area contributed by atoms with Crippen molar-refractivity contribution in [1.82, 2.24) is 5.32 Å². The molecule has 0 bridgehead atoms. The summed E-state index contributed by atoms with van der Waals surface area (Å²) in [6.45, 7) is 3.06. The van der Waals surface area contributed by atoms with E-state index in [9.17, 15) is 0 Å². The van der Waals surface area contributed by atoms with E-state index in [4.69, 9.17) is 5.11 Å². The van der Waals surface area contributed by atoms with Gasteiger partial charge in [-0.05, 0) is 31.5 Å². The van der Waals surface area contributed by atoms with Crippen LogP contribution in [0.5, 0.6) is 0 Å². The third-order valence-corrected chi connectivity index (χ3v) is 2.83. The largest absolute Gasteiger partial charge is 0.395 e. The number of hydrogen-bond donors (Lipinski definition) is 2. The fourth-order valence-corrected chi connectivity index (χ4v) is 1.79. The lowest BCUT2D eigenvalue weighted by Gasteiger charge is -2.18. The molecule has 1 aromatic carbocycles. The Kier molecular flexibility index (Phi) is 7.43. The average Bonchev–Trinajstić information content (AvgIpc) is 2.38. The van der Waals surface area contributed by atoms with Crippen molar-refractivity contribution in [3.63, 3.8) is 0 Å². The molecule has 3 heteroatoms. The van der Waals surface area contributed by atoms with Crippen molar-refractivity contribution in [2.75, 3.05) is 38.2 Å². The van der Waals surface area contributed by atoms with Crippen LogP contribution in [0, 0.1) is 0 Å². The van der Waals surface area contributed by atoms with E-state index in [-0.39, 0.29) is 6.61 Å². The molecule has 0 unspecified atom stereocenters. The highest BCUT2D eigenvalue weighted by molar-refractivity contribution is 5.44. The molecule has 1 aromatic rings. The number of rotatable bonds is 9. The second-order valence-electron chi connectivity index (χ2n) is 4.29. The number of anilines is 1. The zero-order valence-electron chi connectivity index (χ0n) is 10.7. The Morgan fingerprint density at radius 1 is 1.06 bits per heavy atom. The lowest BCUT2D eigenvalue weighted by Crippen LogP contribution is -2.20. The van der Waals surface area contributed by atoms with Gasteiger partial charge in [0.05, 0.1) is 6.61 Å². The molecule has 0 radical (unpaired) electrons. The van der Waals surface area contributed by atoms with E-state index in [0.717, 1.165) is 13.1 Å². The molecule has 0 aromatic heterocycles. The molecule has 0 spiro atoms. The first kappa shape index (κ1) is 14.0. The van der Waals surface area contributed by atoms with Gasteiger partial charge >= 0.3 is 0 Å². The molecule has 96 valence electrons. The normalized spacial score (nSPS) is 10.5. The van der Waals surface area contributed by atoms with E-state index in [0.29, 0.717) is 6.54 Å². The van der Waals surface area contributed by atoms with Gasteiger partial charge in [0.15, 0.2) is 0 Å². The van der Waals surface area contributed by atoms with Crippen LogP contribution < -0.4 is 10.2 Å². The van der Waals surface area contributed by atoms with Crippen LogP contribution in [0.1, 0.15) is 19.3 Å². The fourth-order valence-electron chi connectivity index (χ4n) is 1.79. The summed E-state index contributed by atoms with van der Waals surface area (Å²) in [6, 6.07) is 10.5. The third kappa shape index (κ3) is 6.29. The molecule has 2 N–H and O–H groups in total. The van der Waals surface area contributed by atoms with E-state index in [1.807, 2.05) is 6.07 Å². The summed E-state index contributed by atoms with van der Waals surface area (Å²) in [7, 11) is 2.14. The smallest absolute Gasteiger partial charge is 0.0555 e. The lowest BCUT2D eigenvalue weighted by atomic mass is 10.2. The molecule has 0 aliphatic carbocycles. The highest BCUT2D eigenvalue weighted by atomic mass is 16.3. The summed E-state index contributed by atoms with van der Waals surface area (Å²) in [5.74, 6) is 0. The Bertz CT molecular complexity index is 277. The highest BCUT2D eigenvalue weighted by Gasteiger charge is 1.98. The van der Waals surface area contributed by atoms with Gasteiger partial charge in [-0.1, -0.05) is 24.6 Å². The molecule has 0 saturated carbocycles. The van der Waals surface area contributed by atoms with Crippen molar-refractivity contribution in [3.8, 4) is 0 Å².